The highest BCUT2D eigenvalue weighted by Crippen LogP contribution is 2.21. The van der Waals surface area contributed by atoms with Crippen molar-refractivity contribution in [1.82, 2.24) is 10.3 Å². The molecule has 0 saturated carbocycles. The molecule has 2 heterocycles. The van der Waals surface area contributed by atoms with E-state index in [9.17, 15) is 0 Å². The lowest BCUT2D eigenvalue weighted by Crippen LogP contribution is -2.57. The molecule has 2 atom stereocenters. The lowest BCUT2D eigenvalue weighted by atomic mass is 9.99. The predicted octanol–water partition coefficient (Wildman–Crippen LogP) is 2.21. The highest BCUT2D eigenvalue weighted by atomic mass is 15.2. The standard InChI is InChI=1S/C14H23N3/c1-10(2)14-9-17(12(4)7-16-14)13-5-11(3)6-15-8-13/h5-6,8,10,12,14,16H,7,9H2,1-4H3. The van der Waals surface area contributed by atoms with Crippen LogP contribution in [0.4, 0.5) is 5.69 Å². The Kier molecular flexibility index (Phi) is 3.67. The Morgan fingerprint density at radius 3 is 2.82 bits per heavy atom. The van der Waals surface area contributed by atoms with Gasteiger partial charge in [0, 0.05) is 31.4 Å². The number of rotatable bonds is 2. The molecule has 3 heteroatoms. The van der Waals surface area contributed by atoms with E-state index in [0.717, 1.165) is 13.1 Å². The first kappa shape index (κ1) is 12.4. The summed E-state index contributed by atoms with van der Waals surface area (Å²) in [6, 6.07) is 3.34. The Morgan fingerprint density at radius 2 is 2.18 bits per heavy atom. The van der Waals surface area contributed by atoms with Gasteiger partial charge in [-0.1, -0.05) is 13.8 Å². The Bertz CT molecular complexity index is 375. The summed E-state index contributed by atoms with van der Waals surface area (Å²) in [5.41, 5.74) is 2.49. The number of anilines is 1. The molecule has 3 nitrogen and oxygen atoms in total. The van der Waals surface area contributed by atoms with Crippen LogP contribution >= 0.6 is 0 Å². The summed E-state index contributed by atoms with van der Waals surface area (Å²) >= 11 is 0. The lowest BCUT2D eigenvalue weighted by molar-refractivity contribution is 0.337. The minimum atomic E-state index is 0.536. The smallest absolute Gasteiger partial charge is 0.0558 e. The maximum absolute atomic E-state index is 4.30. The molecular weight excluding hydrogens is 210 g/mol. The molecule has 1 N–H and O–H groups in total. The number of aromatic nitrogens is 1. The summed E-state index contributed by atoms with van der Waals surface area (Å²) in [6.45, 7) is 11.1. The third-order valence-corrected chi connectivity index (χ3v) is 3.60. The van der Waals surface area contributed by atoms with Gasteiger partial charge in [-0.2, -0.15) is 0 Å². The molecule has 2 unspecified atom stereocenters. The fourth-order valence-corrected chi connectivity index (χ4v) is 2.39. The average Bonchev–Trinajstić information content (AvgIpc) is 2.29. The highest BCUT2D eigenvalue weighted by Gasteiger charge is 2.26. The van der Waals surface area contributed by atoms with Crippen LogP contribution in [0.5, 0.6) is 0 Å². The molecule has 0 aromatic carbocycles. The van der Waals surface area contributed by atoms with Crippen LogP contribution in [0.15, 0.2) is 18.5 Å². The predicted molar refractivity (Wildman–Crippen MR) is 72.4 cm³/mol. The number of pyridine rings is 1. The molecule has 1 aromatic rings. The van der Waals surface area contributed by atoms with Gasteiger partial charge in [-0.05, 0) is 31.4 Å². The molecule has 0 aliphatic carbocycles. The highest BCUT2D eigenvalue weighted by molar-refractivity contribution is 5.47. The van der Waals surface area contributed by atoms with Crippen LogP contribution in [0.1, 0.15) is 26.3 Å². The average molecular weight is 233 g/mol. The van der Waals surface area contributed by atoms with Crippen molar-refractivity contribution in [2.45, 2.75) is 39.8 Å². The van der Waals surface area contributed by atoms with Crippen LogP contribution in [0.2, 0.25) is 0 Å². The molecule has 2 rings (SSSR count). The SMILES string of the molecule is Cc1cncc(N2CC(C(C)C)NCC2C)c1. The van der Waals surface area contributed by atoms with Crippen LogP contribution in [0.3, 0.4) is 0 Å². The van der Waals surface area contributed by atoms with Gasteiger partial charge < -0.3 is 10.2 Å². The molecule has 0 radical (unpaired) electrons. The molecule has 1 aliphatic heterocycles. The Labute approximate surface area is 104 Å². The van der Waals surface area contributed by atoms with E-state index in [-0.39, 0.29) is 0 Å². The fourth-order valence-electron chi connectivity index (χ4n) is 2.39. The summed E-state index contributed by atoms with van der Waals surface area (Å²) in [5.74, 6) is 0.669. The topological polar surface area (TPSA) is 28.2 Å². The largest absolute Gasteiger partial charge is 0.365 e. The number of hydrogen-bond donors (Lipinski definition) is 1. The number of aryl methyl sites for hydroxylation is 1. The van der Waals surface area contributed by atoms with E-state index in [1.807, 2.05) is 12.4 Å². The Hall–Kier alpha value is -1.09. The molecule has 1 aromatic heterocycles. The third kappa shape index (κ3) is 2.78. The number of nitrogens with one attached hydrogen (secondary N) is 1. The van der Waals surface area contributed by atoms with Gasteiger partial charge in [0.25, 0.3) is 0 Å². The molecule has 0 spiro atoms. The first-order valence-corrected chi connectivity index (χ1v) is 6.49. The minimum Gasteiger partial charge on any atom is -0.365 e. The van der Waals surface area contributed by atoms with Gasteiger partial charge in [0.05, 0.1) is 11.9 Å². The molecule has 0 bridgehead atoms. The summed E-state index contributed by atoms with van der Waals surface area (Å²) in [6.07, 6.45) is 3.89. The van der Waals surface area contributed by atoms with Crippen molar-refractivity contribution in [2.24, 2.45) is 5.92 Å². The van der Waals surface area contributed by atoms with E-state index < -0.39 is 0 Å². The van der Waals surface area contributed by atoms with E-state index in [4.69, 9.17) is 0 Å². The van der Waals surface area contributed by atoms with Crippen molar-refractivity contribution in [2.75, 3.05) is 18.0 Å². The molecule has 1 saturated heterocycles. The number of piperazine rings is 1. The van der Waals surface area contributed by atoms with Crippen LogP contribution in [-0.4, -0.2) is 30.2 Å². The zero-order chi connectivity index (χ0) is 12.4. The van der Waals surface area contributed by atoms with Crippen LogP contribution in [0.25, 0.3) is 0 Å². The first-order chi connectivity index (χ1) is 8.08. The summed E-state index contributed by atoms with van der Waals surface area (Å²) in [7, 11) is 0. The lowest BCUT2D eigenvalue weighted by Gasteiger charge is -2.41. The first-order valence-electron chi connectivity index (χ1n) is 6.49. The summed E-state index contributed by atoms with van der Waals surface area (Å²) in [4.78, 5) is 6.78. The molecule has 94 valence electrons. The number of hydrogen-bond acceptors (Lipinski definition) is 3. The summed E-state index contributed by atoms with van der Waals surface area (Å²) < 4.78 is 0. The zero-order valence-electron chi connectivity index (χ0n) is 11.3. The number of nitrogens with zero attached hydrogens (tertiary/aromatic N) is 2. The zero-order valence-corrected chi connectivity index (χ0v) is 11.3. The molecule has 0 amide bonds. The van der Waals surface area contributed by atoms with Crippen LogP contribution < -0.4 is 10.2 Å². The van der Waals surface area contributed by atoms with E-state index >= 15 is 0 Å². The molecule has 1 fully saturated rings. The quantitative estimate of drug-likeness (QED) is 0.849. The molecule has 17 heavy (non-hydrogen) atoms. The molecule has 1 aliphatic rings. The Balaban J connectivity index is 2.18. The van der Waals surface area contributed by atoms with Crippen molar-refractivity contribution in [3.8, 4) is 0 Å². The van der Waals surface area contributed by atoms with Gasteiger partial charge in [0.2, 0.25) is 0 Å². The van der Waals surface area contributed by atoms with Gasteiger partial charge in [-0.15, -0.1) is 0 Å². The van der Waals surface area contributed by atoms with Crippen molar-refractivity contribution in [3.05, 3.63) is 24.0 Å². The molecular formula is C14H23N3. The third-order valence-electron chi connectivity index (χ3n) is 3.60. The van der Waals surface area contributed by atoms with E-state index in [1.165, 1.54) is 11.3 Å². The normalized spacial score (nSPS) is 25.4. The van der Waals surface area contributed by atoms with Crippen molar-refractivity contribution in [3.63, 3.8) is 0 Å². The second kappa shape index (κ2) is 5.05. The van der Waals surface area contributed by atoms with Gasteiger partial charge in [-0.25, -0.2) is 0 Å². The second-order valence-corrected chi connectivity index (χ2v) is 5.48. The minimum absolute atomic E-state index is 0.536. The van der Waals surface area contributed by atoms with Gasteiger partial charge >= 0.3 is 0 Å². The van der Waals surface area contributed by atoms with E-state index in [2.05, 4.69) is 49.0 Å². The van der Waals surface area contributed by atoms with Crippen LogP contribution in [0, 0.1) is 12.8 Å². The second-order valence-electron chi connectivity index (χ2n) is 5.48. The Morgan fingerprint density at radius 1 is 1.41 bits per heavy atom. The summed E-state index contributed by atoms with van der Waals surface area (Å²) in [5, 5.41) is 3.62. The van der Waals surface area contributed by atoms with E-state index in [0.29, 0.717) is 18.0 Å². The van der Waals surface area contributed by atoms with Crippen molar-refractivity contribution >= 4 is 5.69 Å². The van der Waals surface area contributed by atoms with Gasteiger partial charge in [0.15, 0.2) is 0 Å². The van der Waals surface area contributed by atoms with Crippen molar-refractivity contribution < 1.29 is 0 Å². The van der Waals surface area contributed by atoms with Gasteiger partial charge in [-0.3, -0.25) is 4.98 Å². The van der Waals surface area contributed by atoms with Crippen LogP contribution in [-0.2, 0) is 0 Å². The maximum Gasteiger partial charge on any atom is 0.0558 e. The maximum atomic E-state index is 4.30. The van der Waals surface area contributed by atoms with Crippen molar-refractivity contribution in [1.29, 1.82) is 0 Å². The van der Waals surface area contributed by atoms with E-state index in [1.54, 1.807) is 0 Å². The monoisotopic (exact) mass is 233 g/mol. The van der Waals surface area contributed by atoms with Gasteiger partial charge in [0.1, 0.15) is 0 Å². The fraction of sp³-hybridized carbons (Fsp3) is 0.643.